The van der Waals surface area contributed by atoms with Crippen LogP contribution in [0.5, 0.6) is 0 Å². The average molecular weight is 272 g/mol. The number of rotatable bonds is 3. The van der Waals surface area contributed by atoms with Crippen molar-refractivity contribution >= 4 is 28.4 Å². The third-order valence-corrected chi connectivity index (χ3v) is 4.46. The summed E-state index contributed by atoms with van der Waals surface area (Å²) < 4.78 is 0. The van der Waals surface area contributed by atoms with Crippen LogP contribution in [0.15, 0.2) is 24.3 Å². The monoisotopic (exact) mass is 272 g/mol. The highest BCUT2D eigenvalue weighted by Crippen LogP contribution is 2.38. The summed E-state index contributed by atoms with van der Waals surface area (Å²) in [5.41, 5.74) is 3.50. The number of aromatic nitrogens is 1. The number of carbonyl (C=O) groups is 1. The molecule has 2 heterocycles. The number of thiazole rings is 1. The van der Waals surface area contributed by atoms with E-state index in [9.17, 15) is 4.79 Å². The van der Waals surface area contributed by atoms with E-state index in [0.29, 0.717) is 0 Å². The lowest BCUT2D eigenvalue weighted by atomic mass is 10.1. The summed E-state index contributed by atoms with van der Waals surface area (Å²) in [6.45, 7) is 5.09. The predicted molar refractivity (Wildman–Crippen MR) is 78.7 cm³/mol. The minimum absolute atomic E-state index is 0.281. The highest BCUT2D eigenvalue weighted by atomic mass is 32.1. The first-order valence-electron chi connectivity index (χ1n) is 6.52. The van der Waals surface area contributed by atoms with Gasteiger partial charge in [-0.1, -0.05) is 43.4 Å². The Morgan fingerprint density at radius 3 is 2.84 bits per heavy atom. The summed E-state index contributed by atoms with van der Waals surface area (Å²) in [6, 6.07) is 8.40. The molecule has 0 spiro atoms. The third-order valence-electron chi connectivity index (χ3n) is 3.44. The van der Waals surface area contributed by atoms with E-state index in [2.05, 4.69) is 48.0 Å². The zero-order chi connectivity index (χ0) is 13.4. The van der Waals surface area contributed by atoms with Gasteiger partial charge in [0.05, 0.1) is 10.6 Å². The van der Waals surface area contributed by atoms with Crippen molar-refractivity contribution in [2.24, 2.45) is 0 Å². The van der Waals surface area contributed by atoms with Crippen molar-refractivity contribution in [3.8, 4) is 0 Å². The molecule has 0 saturated heterocycles. The molecule has 2 aromatic rings. The molecule has 0 aliphatic carbocycles. The van der Waals surface area contributed by atoms with Gasteiger partial charge in [0.15, 0.2) is 11.4 Å². The number of fused-ring (bicyclic) bond motifs is 1. The second kappa shape index (κ2) is 4.78. The lowest BCUT2D eigenvalue weighted by Gasteiger charge is -2.15. The molecule has 0 fully saturated rings. The van der Waals surface area contributed by atoms with Crippen molar-refractivity contribution in [3.63, 3.8) is 0 Å². The van der Waals surface area contributed by atoms with Crippen molar-refractivity contribution in [2.45, 2.75) is 26.2 Å². The molecule has 0 N–H and O–H groups in total. The molecule has 0 atom stereocenters. The summed E-state index contributed by atoms with van der Waals surface area (Å²) in [7, 11) is 0. The molecule has 0 unspecified atom stereocenters. The van der Waals surface area contributed by atoms with Crippen molar-refractivity contribution in [3.05, 3.63) is 40.4 Å². The van der Waals surface area contributed by atoms with Crippen molar-refractivity contribution in [1.29, 1.82) is 0 Å². The maximum absolute atomic E-state index is 11.2. The molecule has 3 nitrogen and oxygen atoms in total. The van der Waals surface area contributed by atoms with Gasteiger partial charge in [0.25, 0.3) is 0 Å². The van der Waals surface area contributed by atoms with Gasteiger partial charge in [0, 0.05) is 12.2 Å². The fourth-order valence-electron chi connectivity index (χ4n) is 2.48. The number of carbonyl (C=O) groups excluding carboxylic acids is 1. The Balaban J connectivity index is 2.03. The molecule has 0 radical (unpaired) electrons. The highest BCUT2D eigenvalue weighted by molar-refractivity contribution is 7.17. The second-order valence-corrected chi connectivity index (χ2v) is 6.06. The zero-order valence-corrected chi connectivity index (χ0v) is 11.9. The Labute approximate surface area is 116 Å². The minimum Gasteiger partial charge on any atom is -0.317 e. The lowest BCUT2D eigenvalue weighted by molar-refractivity contribution is 0.112. The van der Waals surface area contributed by atoms with E-state index in [1.807, 2.05) is 0 Å². The summed E-state index contributed by atoms with van der Waals surface area (Å²) in [6.07, 6.45) is 1.97. The van der Waals surface area contributed by atoms with Gasteiger partial charge in [0.2, 0.25) is 0 Å². The van der Waals surface area contributed by atoms with Gasteiger partial charge in [0.1, 0.15) is 0 Å². The average Bonchev–Trinajstić information content (AvgIpc) is 3.01. The Hall–Kier alpha value is -1.68. The molecule has 3 rings (SSSR count). The molecular weight excluding hydrogens is 256 g/mol. The van der Waals surface area contributed by atoms with Crippen LogP contribution in [-0.4, -0.2) is 17.8 Å². The first kappa shape index (κ1) is 12.4. The van der Waals surface area contributed by atoms with Crippen LogP contribution in [0, 0.1) is 0 Å². The van der Waals surface area contributed by atoms with Gasteiger partial charge in [-0.3, -0.25) is 4.79 Å². The fraction of sp³-hybridized carbons (Fsp3) is 0.333. The Morgan fingerprint density at radius 1 is 1.37 bits per heavy atom. The number of hydrogen-bond donors (Lipinski definition) is 0. The molecule has 1 aliphatic heterocycles. The van der Waals surface area contributed by atoms with Gasteiger partial charge in [-0.2, -0.15) is 0 Å². The molecule has 98 valence electrons. The van der Waals surface area contributed by atoms with E-state index in [0.717, 1.165) is 35.0 Å². The van der Waals surface area contributed by atoms with E-state index in [-0.39, 0.29) is 5.92 Å². The number of nitrogens with zero attached hydrogens (tertiary/aromatic N) is 2. The normalized spacial score (nSPS) is 13.9. The van der Waals surface area contributed by atoms with Crippen LogP contribution in [0.4, 0.5) is 10.8 Å². The van der Waals surface area contributed by atoms with Crippen LogP contribution < -0.4 is 4.90 Å². The quantitative estimate of drug-likeness (QED) is 0.797. The minimum atomic E-state index is 0.281. The molecule has 1 aromatic carbocycles. The van der Waals surface area contributed by atoms with Crippen molar-refractivity contribution in [2.75, 3.05) is 11.4 Å². The molecule has 4 heteroatoms. The molecular formula is C15H16N2OS. The van der Waals surface area contributed by atoms with Gasteiger partial charge in [-0.05, 0) is 24.0 Å². The number of para-hydroxylation sites is 1. The SMILES string of the molecule is CC(C)c1nc(N2CCc3ccccc32)sc1C=O. The summed E-state index contributed by atoms with van der Waals surface area (Å²) in [5, 5.41) is 0.941. The van der Waals surface area contributed by atoms with E-state index < -0.39 is 0 Å². The number of aldehydes is 1. The maximum atomic E-state index is 11.2. The van der Waals surface area contributed by atoms with Gasteiger partial charge in [-0.15, -0.1) is 0 Å². The van der Waals surface area contributed by atoms with E-state index >= 15 is 0 Å². The number of benzene rings is 1. The zero-order valence-electron chi connectivity index (χ0n) is 11.1. The molecule has 1 aromatic heterocycles. The van der Waals surface area contributed by atoms with E-state index in [1.165, 1.54) is 22.6 Å². The lowest BCUT2D eigenvalue weighted by Crippen LogP contribution is -2.12. The summed E-state index contributed by atoms with van der Waals surface area (Å²) in [4.78, 5) is 18.8. The van der Waals surface area contributed by atoms with Crippen LogP contribution >= 0.6 is 11.3 Å². The standard InChI is InChI=1S/C15H16N2OS/c1-10(2)14-13(9-18)19-15(16-14)17-8-7-11-5-3-4-6-12(11)17/h3-6,9-10H,7-8H2,1-2H3. The Kier molecular flexibility index (Phi) is 3.11. The highest BCUT2D eigenvalue weighted by Gasteiger charge is 2.24. The molecule has 0 amide bonds. The maximum Gasteiger partial charge on any atom is 0.190 e. The second-order valence-electron chi connectivity index (χ2n) is 5.05. The topological polar surface area (TPSA) is 33.2 Å². The van der Waals surface area contributed by atoms with Crippen molar-refractivity contribution in [1.82, 2.24) is 4.98 Å². The summed E-state index contributed by atoms with van der Waals surface area (Å²) in [5.74, 6) is 0.281. The van der Waals surface area contributed by atoms with Crippen molar-refractivity contribution < 1.29 is 4.79 Å². The first-order chi connectivity index (χ1) is 9.20. The number of anilines is 2. The molecule has 1 aliphatic rings. The van der Waals surface area contributed by atoms with Gasteiger partial charge in [-0.25, -0.2) is 4.98 Å². The van der Waals surface area contributed by atoms with Crippen LogP contribution in [0.2, 0.25) is 0 Å². The van der Waals surface area contributed by atoms with E-state index in [4.69, 9.17) is 0 Å². The number of hydrogen-bond acceptors (Lipinski definition) is 4. The van der Waals surface area contributed by atoms with Gasteiger partial charge >= 0.3 is 0 Å². The van der Waals surface area contributed by atoms with Crippen LogP contribution in [0.1, 0.15) is 40.7 Å². The molecule has 19 heavy (non-hydrogen) atoms. The van der Waals surface area contributed by atoms with E-state index in [1.54, 1.807) is 0 Å². The fourth-order valence-corrected chi connectivity index (χ4v) is 3.56. The summed E-state index contributed by atoms with van der Waals surface area (Å²) >= 11 is 1.50. The smallest absolute Gasteiger partial charge is 0.190 e. The first-order valence-corrected chi connectivity index (χ1v) is 7.33. The molecule has 0 saturated carbocycles. The molecule has 0 bridgehead atoms. The predicted octanol–water partition coefficient (Wildman–Crippen LogP) is 3.77. The van der Waals surface area contributed by atoms with Crippen LogP contribution in [0.25, 0.3) is 0 Å². The van der Waals surface area contributed by atoms with Crippen LogP contribution in [0.3, 0.4) is 0 Å². The Bertz CT molecular complexity index is 618. The van der Waals surface area contributed by atoms with Gasteiger partial charge < -0.3 is 4.90 Å². The van der Waals surface area contributed by atoms with Crippen LogP contribution in [-0.2, 0) is 6.42 Å². The third kappa shape index (κ3) is 2.06. The Morgan fingerprint density at radius 2 is 2.16 bits per heavy atom. The largest absolute Gasteiger partial charge is 0.317 e.